The highest BCUT2D eigenvalue weighted by Crippen LogP contribution is 2.16. The smallest absolute Gasteiger partial charge is 0.305 e. The molecule has 0 fully saturated rings. The lowest BCUT2D eigenvalue weighted by Gasteiger charge is -2.04. The molecule has 1 aromatic rings. The Balaban J connectivity index is 2.25. The molecule has 6 heteroatoms. The van der Waals surface area contributed by atoms with Crippen LogP contribution in [0.3, 0.4) is 0 Å². The molecule has 0 bridgehead atoms. The maximum absolute atomic E-state index is 12.1. The van der Waals surface area contributed by atoms with Crippen molar-refractivity contribution in [3.8, 4) is 0 Å². The number of carbonyl (C=O) groups excluding carboxylic acids is 1. The van der Waals surface area contributed by atoms with Crippen molar-refractivity contribution in [3.05, 3.63) is 41.4 Å². The number of hydrogen-bond acceptors (Lipinski definition) is 4. The van der Waals surface area contributed by atoms with E-state index in [-0.39, 0.29) is 11.7 Å². The van der Waals surface area contributed by atoms with Gasteiger partial charge in [-0.2, -0.15) is 0 Å². The van der Waals surface area contributed by atoms with Crippen molar-refractivity contribution in [2.45, 2.75) is 37.0 Å². The maximum atomic E-state index is 12.1. The highest BCUT2D eigenvalue weighted by atomic mass is 35.5. The van der Waals surface area contributed by atoms with E-state index in [1.54, 1.807) is 12.1 Å². The highest BCUT2D eigenvalue weighted by Gasteiger charge is 2.13. The van der Waals surface area contributed by atoms with Crippen LogP contribution in [0.25, 0.3) is 0 Å². The Labute approximate surface area is 137 Å². The number of esters is 1. The van der Waals surface area contributed by atoms with E-state index in [0.29, 0.717) is 29.2 Å². The molecular weight excluding hydrogens is 324 g/mol. The van der Waals surface area contributed by atoms with Gasteiger partial charge in [0.1, 0.15) is 0 Å². The lowest BCUT2D eigenvalue weighted by molar-refractivity contribution is -0.140. The predicted octanol–water partition coefficient (Wildman–Crippen LogP) is 3.79. The minimum Gasteiger partial charge on any atom is -0.469 e. The summed E-state index contributed by atoms with van der Waals surface area (Å²) in [5.41, 5.74) is 0. The summed E-state index contributed by atoms with van der Waals surface area (Å²) in [6, 6.07) is 6.23. The van der Waals surface area contributed by atoms with Crippen LogP contribution in [0.5, 0.6) is 0 Å². The molecule has 0 spiro atoms. The number of carbonyl (C=O) groups is 1. The van der Waals surface area contributed by atoms with Crippen LogP contribution in [-0.4, -0.2) is 27.2 Å². The van der Waals surface area contributed by atoms with Crippen molar-refractivity contribution in [2.24, 2.45) is 0 Å². The Kier molecular flexibility index (Phi) is 8.20. The minimum absolute atomic E-state index is 0.130. The van der Waals surface area contributed by atoms with Crippen molar-refractivity contribution < 1.29 is 17.9 Å². The molecule has 22 heavy (non-hydrogen) atoms. The van der Waals surface area contributed by atoms with Crippen molar-refractivity contribution in [2.75, 3.05) is 12.9 Å². The summed E-state index contributed by atoms with van der Waals surface area (Å²) in [4.78, 5) is 11.2. The standard InChI is InChI=1S/C16H21ClO4S/c1-21-16(18)8-6-4-2-3-5-7-13-22(19,20)15-11-9-14(17)10-12-15/h2,4,9-12H,3,5-8,13H2,1H3/b4-2-. The second kappa shape index (κ2) is 9.64. The summed E-state index contributed by atoms with van der Waals surface area (Å²) < 4.78 is 28.7. The van der Waals surface area contributed by atoms with E-state index in [1.807, 2.05) is 12.2 Å². The highest BCUT2D eigenvalue weighted by molar-refractivity contribution is 7.91. The molecule has 0 radical (unpaired) electrons. The van der Waals surface area contributed by atoms with E-state index in [0.717, 1.165) is 12.8 Å². The molecule has 0 atom stereocenters. The Hall–Kier alpha value is -1.33. The number of unbranched alkanes of at least 4 members (excludes halogenated alkanes) is 2. The molecule has 0 N–H and O–H groups in total. The molecule has 0 aromatic heterocycles. The van der Waals surface area contributed by atoms with E-state index in [9.17, 15) is 13.2 Å². The van der Waals surface area contributed by atoms with E-state index < -0.39 is 9.84 Å². The Bertz CT molecular complexity index is 591. The topological polar surface area (TPSA) is 60.4 Å². The predicted molar refractivity (Wildman–Crippen MR) is 87.7 cm³/mol. The fraction of sp³-hybridized carbons (Fsp3) is 0.438. The van der Waals surface area contributed by atoms with Gasteiger partial charge in [0.15, 0.2) is 9.84 Å². The molecule has 0 aliphatic rings. The van der Waals surface area contributed by atoms with Gasteiger partial charge in [-0.3, -0.25) is 4.79 Å². The summed E-state index contributed by atoms with van der Waals surface area (Å²) >= 11 is 5.75. The molecule has 0 unspecified atom stereocenters. The van der Waals surface area contributed by atoms with E-state index in [2.05, 4.69) is 4.74 Å². The molecule has 0 amide bonds. The SMILES string of the molecule is COC(=O)CC/C=C\CCCCS(=O)(=O)c1ccc(Cl)cc1. The van der Waals surface area contributed by atoms with Gasteiger partial charge < -0.3 is 4.74 Å². The van der Waals surface area contributed by atoms with Gasteiger partial charge >= 0.3 is 5.97 Å². The number of ether oxygens (including phenoxy) is 1. The van der Waals surface area contributed by atoms with Crippen LogP contribution in [0.1, 0.15) is 32.1 Å². The van der Waals surface area contributed by atoms with E-state index in [1.165, 1.54) is 19.2 Å². The molecule has 0 aliphatic carbocycles. The van der Waals surface area contributed by atoms with Crippen molar-refractivity contribution >= 4 is 27.4 Å². The van der Waals surface area contributed by atoms with Gasteiger partial charge in [0.2, 0.25) is 0 Å². The average Bonchev–Trinajstić information content (AvgIpc) is 2.50. The van der Waals surface area contributed by atoms with Crippen LogP contribution in [0.15, 0.2) is 41.3 Å². The first-order valence-electron chi connectivity index (χ1n) is 7.16. The monoisotopic (exact) mass is 344 g/mol. The maximum Gasteiger partial charge on any atom is 0.305 e. The van der Waals surface area contributed by atoms with Gasteiger partial charge in [-0.1, -0.05) is 23.8 Å². The van der Waals surface area contributed by atoms with Gasteiger partial charge in [0, 0.05) is 11.4 Å². The summed E-state index contributed by atoms with van der Waals surface area (Å²) in [5, 5.41) is 0.524. The number of methoxy groups -OCH3 is 1. The molecule has 1 rings (SSSR count). The zero-order valence-corrected chi connectivity index (χ0v) is 14.2. The second-order valence-corrected chi connectivity index (χ2v) is 7.40. The summed E-state index contributed by atoms with van der Waals surface area (Å²) in [6.07, 6.45) is 7.11. The molecule has 0 saturated heterocycles. The Morgan fingerprint density at radius 1 is 1.14 bits per heavy atom. The number of hydrogen-bond donors (Lipinski definition) is 0. The van der Waals surface area contributed by atoms with Gasteiger partial charge in [-0.05, 0) is 49.9 Å². The number of halogens is 1. The average molecular weight is 345 g/mol. The third-order valence-electron chi connectivity index (χ3n) is 3.12. The van der Waals surface area contributed by atoms with E-state index >= 15 is 0 Å². The molecule has 0 heterocycles. The number of allylic oxidation sites excluding steroid dienone is 2. The lowest BCUT2D eigenvalue weighted by Crippen LogP contribution is -2.06. The van der Waals surface area contributed by atoms with Crippen LogP contribution >= 0.6 is 11.6 Å². The summed E-state index contributed by atoms with van der Waals surface area (Å²) in [6.45, 7) is 0. The summed E-state index contributed by atoms with van der Waals surface area (Å²) in [5.74, 6) is -0.0938. The summed E-state index contributed by atoms with van der Waals surface area (Å²) in [7, 11) is -1.86. The first-order chi connectivity index (χ1) is 10.5. The second-order valence-electron chi connectivity index (χ2n) is 4.85. The van der Waals surface area contributed by atoms with Crippen LogP contribution in [0.2, 0.25) is 5.02 Å². The number of benzene rings is 1. The third-order valence-corrected chi connectivity index (χ3v) is 5.18. The van der Waals surface area contributed by atoms with Crippen molar-refractivity contribution in [1.82, 2.24) is 0 Å². The fourth-order valence-corrected chi connectivity index (χ4v) is 3.35. The number of sulfone groups is 1. The normalized spacial score (nSPS) is 11.7. The first kappa shape index (κ1) is 18.7. The fourth-order valence-electron chi connectivity index (χ4n) is 1.85. The third kappa shape index (κ3) is 7.09. The first-order valence-corrected chi connectivity index (χ1v) is 9.19. The van der Waals surface area contributed by atoms with Gasteiger partial charge in [0.25, 0.3) is 0 Å². The zero-order chi connectivity index (χ0) is 16.4. The largest absolute Gasteiger partial charge is 0.469 e. The van der Waals surface area contributed by atoms with E-state index in [4.69, 9.17) is 11.6 Å². The van der Waals surface area contributed by atoms with Crippen molar-refractivity contribution in [1.29, 1.82) is 0 Å². The van der Waals surface area contributed by atoms with Crippen LogP contribution in [-0.2, 0) is 19.4 Å². The van der Waals surface area contributed by atoms with Crippen LogP contribution in [0.4, 0.5) is 0 Å². The molecule has 0 aliphatic heterocycles. The molecule has 4 nitrogen and oxygen atoms in total. The lowest BCUT2D eigenvalue weighted by atomic mass is 10.2. The molecule has 0 saturated carbocycles. The van der Waals surface area contributed by atoms with Gasteiger partial charge in [-0.25, -0.2) is 8.42 Å². The zero-order valence-electron chi connectivity index (χ0n) is 12.6. The van der Waals surface area contributed by atoms with Gasteiger partial charge in [0.05, 0.1) is 17.8 Å². The number of rotatable bonds is 9. The van der Waals surface area contributed by atoms with Crippen LogP contribution in [0, 0.1) is 0 Å². The quantitative estimate of drug-likeness (QED) is 0.388. The Morgan fingerprint density at radius 2 is 1.77 bits per heavy atom. The minimum atomic E-state index is -3.23. The Morgan fingerprint density at radius 3 is 2.41 bits per heavy atom. The van der Waals surface area contributed by atoms with Crippen LogP contribution < -0.4 is 0 Å². The molecule has 1 aromatic carbocycles. The van der Waals surface area contributed by atoms with Crippen molar-refractivity contribution in [3.63, 3.8) is 0 Å². The van der Waals surface area contributed by atoms with Gasteiger partial charge in [-0.15, -0.1) is 0 Å². The molecular formula is C16H21ClO4S. The molecule has 122 valence electrons.